The number of alkyl halides is 3. The highest BCUT2D eigenvalue weighted by atomic mass is 19.4. The van der Waals surface area contributed by atoms with Gasteiger partial charge in [0.15, 0.2) is 5.54 Å². The molecule has 32 heavy (non-hydrogen) atoms. The number of allylic oxidation sites excluding steroid dienone is 1. The molecule has 1 aromatic heterocycles. The quantitative estimate of drug-likeness (QED) is 0.656. The maximum absolute atomic E-state index is 13.3. The first-order valence-corrected chi connectivity index (χ1v) is 10.5. The maximum atomic E-state index is 13.3. The monoisotopic (exact) mass is 445 g/mol. The molecular weight excluding hydrogens is 419 g/mol. The van der Waals surface area contributed by atoms with E-state index >= 15 is 0 Å². The minimum Gasteiger partial charge on any atom is -0.500 e. The number of methoxy groups -OCH3 is 1. The van der Waals surface area contributed by atoms with Gasteiger partial charge in [0, 0.05) is 17.8 Å². The molecule has 1 fully saturated rings. The number of aromatic nitrogens is 2. The summed E-state index contributed by atoms with van der Waals surface area (Å²) >= 11 is 0. The summed E-state index contributed by atoms with van der Waals surface area (Å²) in [6, 6.07) is 5.62. The van der Waals surface area contributed by atoms with Crippen LogP contribution in [0.15, 0.2) is 67.0 Å². The Balaban J connectivity index is 1.72. The molecule has 2 aliphatic rings. The second kappa shape index (κ2) is 7.53. The number of nitrogens with zero attached hydrogens (tertiary/aromatic N) is 2. The van der Waals surface area contributed by atoms with E-state index in [1.54, 1.807) is 35.2 Å². The molecule has 0 radical (unpaired) electrons. The van der Waals surface area contributed by atoms with Crippen molar-refractivity contribution in [3.8, 4) is 0 Å². The molecule has 4 rings (SSSR count). The van der Waals surface area contributed by atoms with Crippen molar-refractivity contribution in [2.75, 3.05) is 7.11 Å². The van der Waals surface area contributed by atoms with Crippen LogP contribution in [0.25, 0.3) is 0 Å². The molecule has 5 nitrogen and oxygen atoms in total. The molecule has 2 aromatic rings. The van der Waals surface area contributed by atoms with Crippen molar-refractivity contribution in [3.63, 3.8) is 0 Å². The van der Waals surface area contributed by atoms with Gasteiger partial charge in [-0.1, -0.05) is 30.7 Å². The van der Waals surface area contributed by atoms with E-state index in [4.69, 9.17) is 10.5 Å². The minimum atomic E-state index is -4.39. The zero-order valence-corrected chi connectivity index (χ0v) is 18.0. The Morgan fingerprint density at radius 1 is 1.28 bits per heavy atom. The van der Waals surface area contributed by atoms with Crippen molar-refractivity contribution in [3.05, 3.63) is 78.1 Å². The van der Waals surface area contributed by atoms with Gasteiger partial charge in [-0.25, -0.2) is 4.98 Å². The van der Waals surface area contributed by atoms with Crippen LogP contribution in [0.5, 0.6) is 0 Å². The van der Waals surface area contributed by atoms with Crippen LogP contribution < -0.4 is 5.73 Å². The number of halogens is 3. The van der Waals surface area contributed by atoms with Gasteiger partial charge in [-0.05, 0) is 55.4 Å². The summed E-state index contributed by atoms with van der Waals surface area (Å²) in [7, 11) is 1.53. The SMILES string of the molecule is COC1=CC(C(N)=O)(n2ccnc2)C=CC1(C)CC1(c2cccc(C(F)(F)F)c2)CCC1. The van der Waals surface area contributed by atoms with E-state index in [1.807, 2.05) is 13.0 Å². The van der Waals surface area contributed by atoms with Crippen LogP contribution >= 0.6 is 0 Å². The average Bonchev–Trinajstić information content (AvgIpc) is 3.26. The standard InChI is InChI=1S/C24H26F3N3O2/c1-21(9-10-23(20(28)31,14-19(21)32-2)30-12-11-29-16-30)15-22(7-4-8-22)17-5-3-6-18(13-17)24(25,26)27/h3,5-6,9-14,16H,4,7-8,15H2,1-2H3,(H2,28,31). The summed E-state index contributed by atoms with van der Waals surface area (Å²) in [4.78, 5) is 16.5. The lowest BCUT2D eigenvalue weighted by atomic mass is 9.56. The van der Waals surface area contributed by atoms with E-state index in [-0.39, 0.29) is 0 Å². The van der Waals surface area contributed by atoms with Crippen molar-refractivity contribution in [2.45, 2.75) is 49.7 Å². The summed E-state index contributed by atoms with van der Waals surface area (Å²) in [5.41, 5.74) is 3.53. The van der Waals surface area contributed by atoms with Gasteiger partial charge in [-0.3, -0.25) is 4.79 Å². The van der Waals surface area contributed by atoms with Gasteiger partial charge in [0.2, 0.25) is 0 Å². The fourth-order valence-corrected chi connectivity index (χ4v) is 5.06. The second-order valence-corrected chi connectivity index (χ2v) is 9.01. The van der Waals surface area contributed by atoms with Gasteiger partial charge in [0.05, 0.1) is 19.0 Å². The Bertz CT molecular complexity index is 1070. The molecule has 1 saturated carbocycles. The Hall–Kier alpha value is -3.03. The number of amides is 1. The number of nitrogens with two attached hydrogens (primary N) is 1. The van der Waals surface area contributed by atoms with Crippen LogP contribution in [0.1, 0.15) is 43.7 Å². The number of primary amides is 1. The van der Waals surface area contributed by atoms with E-state index in [9.17, 15) is 18.0 Å². The number of imidazole rings is 1. The Kier molecular flexibility index (Phi) is 5.22. The molecule has 0 spiro atoms. The Morgan fingerprint density at radius 2 is 2.03 bits per heavy atom. The summed E-state index contributed by atoms with van der Waals surface area (Å²) in [5, 5.41) is 0. The molecule has 0 bridgehead atoms. The highest BCUT2D eigenvalue weighted by Gasteiger charge is 2.49. The Labute approximate surface area is 184 Å². The molecule has 0 aliphatic heterocycles. The molecule has 0 saturated heterocycles. The van der Waals surface area contributed by atoms with Crippen molar-refractivity contribution >= 4 is 5.91 Å². The van der Waals surface area contributed by atoms with E-state index in [2.05, 4.69) is 4.98 Å². The lowest BCUT2D eigenvalue weighted by Crippen LogP contribution is -2.47. The zero-order valence-electron chi connectivity index (χ0n) is 18.0. The molecular formula is C24H26F3N3O2. The van der Waals surface area contributed by atoms with Crippen LogP contribution in [0.4, 0.5) is 13.2 Å². The van der Waals surface area contributed by atoms with Crippen LogP contribution in [0.3, 0.4) is 0 Å². The molecule has 1 aromatic carbocycles. The van der Waals surface area contributed by atoms with Gasteiger partial charge >= 0.3 is 6.18 Å². The normalized spacial score (nSPS) is 26.8. The maximum Gasteiger partial charge on any atom is 0.416 e. The number of ether oxygens (including phenoxy) is 1. The second-order valence-electron chi connectivity index (χ2n) is 9.01. The van der Waals surface area contributed by atoms with Crippen LogP contribution in [0, 0.1) is 5.41 Å². The third-order valence-corrected chi connectivity index (χ3v) is 6.98. The molecule has 2 unspecified atom stereocenters. The van der Waals surface area contributed by atoms with Crippen molar-refractivity contribution in [2.24, 2.45) is 11.1 Å². The van der Waals surface area contributed by atoms with E-state index in [1.165, 1.54) is 25.6 Å². The highest BCUT2D eigenvalue weighted by Crippen LogP contribution is 2.55. The third kappa shape index (κ3) is 3.51. The molecule has 2 N–H and O–H groups in total. The number of hydrogen-bond acceptors (Lipinski definition) is 3. The summed E-state index contributed by atoms with van der Waals surface area (Å²) in [5.74, 6) is -0.0367. The number of carbonyl (C=O) groups is 1. The molecule has 2 atom stereocenters. The van der Waals surface area contributed by atoms with Crippen molar-refractivity contribution in [1.82, 2.24) is 9.55 Å². The zero-order chi connectivity index (χ0) is 23.2. The number of benzene rings is 1. The number of hydrogen-bond donors (Lipinski definition) is 1. The number of rotatable bonds is 6. The van der Waals surface area contributed by atoms with Crippen LogP contribution in [0.2, 0.25) is 0 Å². The lowest BCUT2D eigenvalue weighted by molar-refractivity contribution is -0.137. The third-order valence-electron chi connectivity index (χ3n) is 6.98. The predicted octanol–water partition coefficient (Wildman–Crippen LogP) is 4.70. The average molecular weight is 445 g/mol. The van der Waals surface area contributed by atoms with E-state index in [0.29, 0.717) is 17.7 Å². The minimum absolute atomic E-state index is 0.403. The van der Waals surface area contributed by atoms with Gasteiger partial charge in [-0.15, -0.1) is 0 Å². The van der Waals surface area contributed by atoms with E-state index < -0.39 is 34.0 Å². The molecule has 1 heterocycles. The molecule has 1 amide bonds. The first kappa shape index (κ1) is 22.2. The van der Waals surface area contributed by atoms with Crippen LogP contribution in [-0.2, 0) is 26.7 Å². The molecule has 2 aliphatic carbocycles. The topological polar surface area (TPSA) is 70.1 Å². The highest BCUT2D eigenvalue weighted by molar-refractivity contribution is 5.88. The fourth-order valence-electron chi connectivity index (χ4n) is 5.06. The number of carbonyl (C=O) groups excluding carboxylic acids is 1. The largest absolute Gasteiger partial charge is 0.500 e. The lowest BCUT2D eigenvalue weighted by Gasteiger charge is -2.49. The van der Waals surface area contributed by atoms with Crippen molar-refractivity contribution in [1.29, 1.82) is 0 Å². The predicted molar refractivity (Wildman–Crippen MR) is 113 cm³/mol. The molecule has 8 heteroatoms. The Morgan fingerprint density at radius 3 is 2.56 bits per heavy atom. The van der Waals surface area contributed by atoms with Crippen LogP contribution in [-0.4, -0.2) is 22.6 Å². The fraction of sp³-hybridized carbons (Fsp3) is 0.417. The van der Waals surface area contributed by atoms with Gasteiger partial charge in [0.1, 0.15) is 5.76 Å². The summed E-state index contributed by atoms with van der Waals surface area (Å²) in [6.07, 6.45) is 8.72. The molecule has 170 valence electrons. The van der Waals surface area contributed by atoms with E-state index in [0.717, 1.165) is 25.3 Å². The first-order chi connectivity index (χ1) is 15.0. The summed E-state index contributed by atoms with van der Waals surface area (Å²) < 4.78 is 47.3. The van der Waals surface area contributed by atoms with Gasteiger partial charge in [-0.2, -0.15) is 13.2 Å². The first-order valence-electron chi connectivity index (χ1n) is 10.5. The summed E-state index contributed by atoms with van der Waals surface area (Å²) in [6.45, 7) is 1.98. The van der Waals surface area contributed by atoms with Gasteiger partial charge in [0.25, 0.3) is 5.91 Å². The smallest absolute Gasteiger partial charge is 0.416 e. The van der Waals surface area contributed by atoms with Crippen molar-refractivity contribution < 1.29 is 22.7 Å². The van der Waals surface area contributed by atoms with Gasteiger partial charge < -0.3 is 15.0 Å².